The van der Waals surface area contributed by atoms with E-state index in [9.17, 15) is 9.59 Å². The molecule has 0 amide bonds. The van der Waals surface area contributed by atoms with E-state index < -0.39 is 6.10 Å². The number of ether oxygens (including phenoxy) is 3. The minimum atomic E-state index is -0.592. The van der Waals surface area contributed by atoms with Gasteiger partial charge in [0.05, 0.1) is 6.61 Å². The van der Waals surface area contributed by atoms with E-state index in [-0.39, 0.29) is 31.6 Å². The minimum absolute atomic E-state index is 0.0395. The third-order valence-corrected chi connectivity index (χ3v) is 11.0. The molecule has 0 aliphatic carbocycles. The van der Waals surface area contributed by atoms with Crippen molar-refractivity contribution in [1.29, 1.82) is 0 Å². The largest absolute Gasteiger partial charge is 0.462 e. The summed E-state index contributed by atoms with van der Waals surface area (Å²) in [7, 11) is 0. The van der Waals surface area contributed by atoms with Gasteiger partial charge in [-0.05, 0) is 116 Å². The molecule has 0 saturated carbocycles. The van der Waals surface area contributed by atoms with Gasteiger partial charge >= 0.3 is 11.9 Å². The maximum Gasteiger partial charge on any atom is 0.306 e. The molecule has 0 N–H and O–H groups in total. The number of allylic oxidation sites excluding steroid dienone is 20. The van der Waals surface area contributed by atoms with Gasteiger partial charge < -0.3 is 14.2 Å². The molecule has 1 atom stereocenters. The fraction of sp³-hybridized carbons (Fsp3) is 0.639. The van der Waals surface area contributed by atoms with Crippen molar-refractivity contribution < 1.29 is 23.8 Å². The van der Waals surface area contributed by atoms with Crippen molar-refractivity contribution in [2.75, 3.05) is 19.8 Å². The van der Waals surface area contributed by atoms with Crippen molar-refractivity contribution >= 4 is 11.9 Å². The van der Waals surface area contributed by atoms with E-state index in [0.29, 0.717) is 19.4 Å². The van der Waals surface area contributed by atoms with Gasteiger partial charge in [-0.2, -0.15) is 0 Å². The Hall–Kier alpha value is -3.70. The number of carbonyl (C=O) groups is 2. The van der Waals surface area contributed by atoms with Gasteiger partial charge in [-0.1, -0.05) is 219 Å². The SMILES string of the molecule is CC/C=C\C/C=C\C/C=C\C/C=C\CCC(=O)OC(COCCCCCCCCCC/C=C\C/C=C\C/C=C\CC)COC(=O)CCCCCCCC/C=C\C/C=C\C/C=C\CCCCC. The summed E-state index contributed by atoms with van der Waals surface area (Å²) in [6, 6.07) is 0. The molecule has 5 nitrogen and oxygen atoms in total. The van der Waals surface area contributed by atoms with Gasteiger partial charge in [-0.15, -0.1) is 0 Å². The monoisotopic (exact) mass is 913 g/mol. The zero-order valence-electron chi connectivity index (χ0n) is 42.9. The van der Waals surface area contributed by atoms with Crippen LogP contribution < -0.4 is 0 Å². The van der Waals surface area contributed by atoms with Crippen LogP contribution in [0.3, 0.4) is 0 Å². The van der Waals surface area contributed by atoms with Gasteiger partial charge in [-0.25, -0.2) is 0 Å². The summed E-state index contributed by atoms with van der Waals surface area (Å²) in [5, 5.41) is 0. The Labute approximate surface area is 407 Å². The molecule has 0 rings (SSSR count). The highest BCUT2D eigenvalue weighted by atomic mass is 16.6. The summed E-state index contributed by atoms with van der Waals surface area (Å²) < 4.78 is 17.3. The minimum Gasteiger partial charge on any atom is -0.462 e. The average molecular weight is 913 g/mol. The fourth-order valence-corrected chi connectivity index (χ4v) is 7.01. The Morgan fingerprint density at radius 1 is 0.348 bits per heavy atom. The zero-order chi connectivity index (χ0) is 47.7. The van der Waals surface area contributed by atoms with Gasteiger partial charge in [-0.3, -0.25) is 9.59 Å². The van der Waals surface area contributed by atoms with Crippen molar-refractivity contribution in [2.24, 2.45) is 0 Å². The molecule has 0 bridgehead atoms. The summed E-state index contributed by atoms with van der Waals surface area (Å²) in [5.41, 5.74) is 0. The van der Waals surface area contributed by atoms with Crippen LogP contribution in [0.5, 0.6) is 0 Å². The average Bonchev–Trinajstić information content (AvgIpc) is 3.32. The molecule has 0 heterocycles. The third-order valence-electron chi connectivity index (χ3n) is 11.0. The predicted molar refractivity (Wildman–Crippen MR) is 288 cm³/mol. The van der Waals surface area contributed by atoms with E-state index in [1.807, 2.05) is 6.08 Å². The predicted octanol–water partition coefficient (Wildman–Crippen LogP) is 18.6. The van der Waals surface area contributed by atoms with Crippen LogP contribution in [0.1, 0.15) is 226 Å². The molecular formula is C61H100O5. The number of unbranched alkanes of at least 4 members (excludes halogenated alkanes) is 17. The Balaban J connectivity index is 4.38. The molecule has 0 fully saturated rings. The van der Waals surface area contributed by atoms with Crippen LogP contribution >= 0.6 is 0 Å². The van der Waals surface area contributed by atoms with Gasteiger partial charge in [0.15, 0.2) is 6.10 Å². The van der Waals surface area contributed by atoms with E-state index in [4.69, 9.17) is 14.2 Å². The third kappa shape index (κ3) is 52.9. The molecule has 5 heteroatoms. The van der Waals surface area contributed by atoms with Crippen molar-refractivity contribution in [1.82, 2.24) is 0 Å². The number of hydrogen-bond acceptors (Lipinski definition) is 5. The Morgan fingerprint density at radius 3 is 1.15 bits per heavy atom. The highest BCUT2D eigenvalue weighted by Crippen LogP contribution is 2.13. The first kappa shape index (κ1) is 62.3. The lowest BCUT2D eigenvalue weighted by molar-refractivity contribution is -0.162. The second-order valence-corrected chi connectivity index (χ2v) is 17.4. The maximum atomic E-state index is 12.8. The van der Waals surface area contributed by atoms with E-state index >= 15 is 0 Å². The van der Waals surface area contributed by atoms with E-state index in [2.05, 4.69) is 136 Å². The van der Waals surface area contributed by atoms with Crippen molar-refractivity contribution in [3.63, 3.8) is 0 Å². The summed E-state index contributed by atoms with van der Waals surface area (Å²) in [4.78, 5) is 25.4. The second-order valence-electron chi connectivity index (χ2n) is 17.4. The van der Waals surface area contributed by atoms with E-state index in [1.54, 1.807) is 0 Å². The standard InChI is InChI=1S/C61H100O5/c1-4-7-10-13-16-19-22-25-27-29-31-32-34-37-39-42-45-48-51-54-60(62)65-58-59(66-61(63)55-52-49-46-43-40-36-24-21-18-15-12-9-6-3)57-64-56-53-50-47-44-41-38-35-33-30-28-26-23-20-17-14-11-8-5-2/h8-9,11-12,16-21,25-28,31-32,36,40,46,49,59H,4-7,10,13-15,22-24,29-30,33-35,37-39,41-45,47-48,50-58H2,1-3H3/b11-8-,12-9-,19-16-,20-17-,21-18-,27-25-,28-26-,32-31-,40-36-,49-46-. The van der Waals surface area contributed by atoms with Crippen LogP contribution in [0.2, 0.25) is 0 Å². The molecule has 374 valence electrons. The highest BCUT2D eigenvalue weighted by Gasteiger charge is 2.17. The lowest BCUT2D eigenvalue weighted by atomic mass is 10.1. The fourth-order valence-electron chi connectivity index (χ4n) is 7.01. The van der Waals surface area contributed by atoms with Crippen LogP contribution in [0.4, 0.5) is 0 Å². The Morgan fingerprint density at radius 2 is 0.712 bits per heavy atom. The highest BCUT2D eigenvalue weighted by molar-refractivity contribution is 5.70. The van der Waals surface area contributed by atoms with Crippen molar-refractivity contribution in [2.45, 2.75) is 232 Å². The van der Waals surface area contributed by atoms with Gasteiger partial charge in [0, 0.05) is 19.4 Å². The molecule has 0 saturated heterocycles. The van der Waals surface area contributed by atoms with Crippen molar-refractivity contribution in [3.05, 3.63) is 122 Å². The van der Waals surface area contributed by atoms with Crippen LogP contribution in [-0.4, -0.2) is 37.9 Å². The quantitative estimate of drug-likeness (QED) is 0.0346. The molecule has 0 spiro atoms. The summed E-state index contributed by atoms with van der Waals surface area (Å²) in [6.45, 7) is 7.46. The first-order valence-electron chi connectivity index (χ1n) is 27.1. The van der Waals surface area contributed by atoms with Gasteiger partial charge in [0.2, 0.25) is 0 Å². The van der Waals surface area contributed by atoms with Crippen LogP contribution in [-0.2, 0) is 23.8 Å². The first-order valence-corrected chi connectivity index (χ1v) is 27.1. The summed E-state index contributed by atoms with van der Waals surface area (Å²) in [5.74, 6) is -0.515. The number of hydrogen-bond donors (Lipinski definition) is 0. The Bertz CT molecular complexity index is 1350. The van der Waals surface area contributed by atoms with E-state index in [1.165, 1.54) is 89.9 Å². The lowest BCUT2D eigenvalue weighted by Crippen LogP contribution is -2.30. The van der Waals surface area contributed by atoms with Crippen LogP contribution in [0.25, 0.3) is 0 Å². The lowest BCUT2D eigenvalue weighted by Gasteiger charge is -2.18. The number of rotatable bonds is 48. The first-order chi connectivity index (χ1) is 32.6. The summed E-state index contributed by atoms with van der Waals surface area (Å²) in [6.07, 6.45) is 78.0. The zero-order valence-corrected chi connectivity index (χ0v) is 42.9. The second kappa shape index (κ2) is 55.6. The molecular weight excluding hydrogens is 813 g/mol. The van der Waals surface area contributed by atoms with Crippen molar-refractivity contribution in [3.8, 4) is 0 Å². The molecule has 1 unspecified atom stereocenters. The van der Waals surface area contributed by atoms with E-state index in [0.717, 1.165) is 96.3 Å². The number of esters is 2. The molecule has 0 radical (unpaired) electrons. The van der Waals surface area contributed by atoms with Crippen LogP contribution in [0.15, 0.2) is 122 Å². The Kier molecular flexibility index (Phi) is 52.5. The van der Waals surface area contributed by atoms with Crippen LogP contribution in [0, 0.1) is 0 Å². The molecule has 0 aromatic heterocycles. The number of carbonyl (C=O) groups excluding carboxylic acids is 2. The normalized spacial score (nSPS) is 13.2. The molecule has 0 aliphatic heterocycles. The smallest absolute Gasteiger partial charge is 0.306 e. The molecule has 0 aliphatic rings. The molecule has 66 heavy (non-hydrogen) atoms. The molecule has 0 aromatic rings. The van der Waals surface area contributed by atoms with Gasteiger partial charge in [0.25, 0.3) is 0 Å². The maximum absolute atomic E-state index is 12.8. The summed E-state index contributed by atoms with van der Waals surface area (Å²) >= 11 is 0. The molecule has 0 aromatic carbocycles. The van der Waals surface area contributed by atoms with Gasteiger partial charge in [0.1, 0.15) is 6.61 Å². The topological polar surface area (TPSA) is 61.8 Å².